The molecule has 0 amide bonds. The Hall–Kier alpha value is -1.49. The van der Waals surface area contributed by atoms with Gasteiger partial charge in [0.15, 0.2) is 11.4 Å². The highest BCUT2D eigenvalue weighted by atomic mass is 35.5. The average molecular weight is 231 g/mol. The van der Waals surface area contributed by atoms with E-state index in [9.17, 15) is 10.1 Å². The van der Waals surface area contributed by atoms with Crippen LogP contribution in [0.4, 0.5) is 11.4 Å². The molecule has 1 rings (SSSR count). The highest BCUT2D eigenvalue weighted by Crippen LogP contribution is 2.34. The predicted octanol–water partition coefficient (Wildman–Crippen LogP) is 2.62. The summed E-state index contributed by atoms with van der Waals surface area (Å²) >= 11 is 5.70. The number of nitrogens with two attached hydrogens (primary N) is 1. The lowest BCUT2D eigenvalue weighted by molar-refractivity contribution is -0.383. The number of hydrogen-bond acceptors (Lipinski definition) is 4. The van der Waals surface area contributed by atoms with Crippen LogP contribution >= 0.6 is 11.6 Å². The van der Waals surface area contributed by atoms with Crippen molar-refractivity contribution in [3.63, 3.8) is 0 Å². The lowest BCUT2D eigenvalue weighted by Crippen LogP contribution is -2.02. The third kappa shape index (κ3) is 2.73. The van der Waals surface area contributed by atoms with Crippen molar-refractivity contribution in [3.8, 4) is 5.75 Å². The SMILES string of the molecule is CCCOc1cc(Cl)cc([N+](=O)[O-])c1N. The van der Waals surface area contributed by atoms with Crippen molar-refractivity contribution in [2.75, 3.05) is 12.3 Å². The summed E-state index contributed by atoms with van der Waals surface area (Å²) in [6.07, 6.45) is 0.791. The molecule has 15 heavy (non-hydrogen) atoms. The number of nitrogens with zero attached hydrogens (tertiary/aromatic N) is 1. The molecule has 2 N–H and O–H groups in total. The molecule has 82 valence electrons. The van der Waals surface area contributed by atoms with Crippen LogP contribution < -0.4 is 10.5 Å². The van der Waals surface area contributed by atoms with E-state index in [-0.39, 0.29) is 22.1 Å². The third-order valence-corrected chi connectivity index (χ3v) is 1.96. The van der Waals surface area contributed by atoms with Crippen molar-refractivity contribution in [3.05, 3.63) is 27.3 Å². The van der Waals surface area contributed by atoms with Gasteiger partial charge in [0.1, 0.15) is 0 Å². The fraction of sp³-hybridized carbons (Fsp3) is 0.333. The standard InChI is InChI=1S/C9H11ClN2O3/c1-2-3-15-8-5-6(10)4-7(9(8)11)12(13)14/h4-5H,2-3,11H2,1H3. The van der Waals surface area contributed by atoms with Crippen molar-refractivity contribution < 1.29 is 9.66 Å². The summed E-state index contributed by atoms with van der Waals surface area (Å²) in [5.41, 5.74) is 5.35. The average Bonchev–Trinajstić information content (AvgIpc) is 2.18. The summed E-state index contributed by atoms with van der Waals surface area (Å²) in [6, 6.07) is 2.68. The number of nitro groups is 1. The molecule has 0 fully saturated rings. The number of anilines is 1. The van der Waals surface area contributed by atoms with Gasteiger partial charge in [0.25, 0.3) is 5.69 Å². The van der Waals surface area contributed by atoms with Crippen LogP contribution in [0.5, 0.6) is 5.75 Å². The maximum absolute atomic E-state index is 10.6. The van der Waals surface area contributed by atoms with Gasteiger partial charge in [-0.2, -0.15) is 0 Å². The largest absolute Gasteiger partial charge is 0.491 e. The van der Waals surface area contributed by atoms with Crippen LogP contribution in [-0.2, 0) is 0 Å². The zero-order valence-corrected chi connectivity index (χ0v) is 8.95. The van der Waals surface area contributed by atoms with E-state index in [0.29, 0.717) is 6.61 Å². The molecule has 0 radical (unpaired) electrons. The van der Waals surface area contributed by atoms with Crippen molar-refractivity contribution >= 4 is 23.0 Å². The van der Waals surface area contributed by atoms with Gasteiger partial charge in [0.2, 0.25) is 0 Å². The number of rotatable bonds is 4. The molecular formula is C9H11ClN2O3. The van der Waals surface area contributed by atoms with Crippen LogP contribution in [-0.4, -0.2) is 11.5 Å². The Kier molecular flexibility index (Phi) is 3.74. The van der Waals surface area contributed by atoms with Crippen LogP contribution in [0.1, 0.15) is 13.3 Å². The first-order valence-electron chi connectivity index (χ1n) is 4.42. The molecule has 0 saturated heterocycles. The zero-order valence-electron chi connectivity index (χ0n) is 8.20. The van der Waals surface area contributed by atoms with E-state index in [0.717, 1.165) is 6.42 Å². The number of nitrogen functional groups attached to an aromatic ring is 1. The van der Waals surface area contributed by atoms with Gasteiger partial charge in [-0.1, -0.05) is 18.5 Å². The Bertz CT molecular complexity index is 382. The maximum Gasteiger partial charge on any atom is 0.297 e. The quantitative estimate of drug-likeness (QED) is 0.490. The van der Waals surface area contributed by atoms with Crippen LogP contribution in [0.25, 0.3) is 0 Å². The number of hydrogen-bond donors (Lipinski definition) is 1. The molecule has 0 heterocycles. The fourth-order valence-electron chi connectivity index (χ4n) is 1.06. The van der Waals surface area contributed by atoms with Gasteiger partial charge in [0.05, 0.1) is 16.6 Å². The second kappa shape index (κ2) is 4.84. The van der Waals surface area contributed by atoms with Gasteiger partial charge < -0.3 is 10.5 Å². The molecular weight excluding hydrogens is 220 g/mol. The van der Waals surface area contributed by atoms with Crippen molar-refractivity contribution in [1.82, 2.24) is 0 Å². The molecule has 0 bridgehead atoms. The van der Waals surface area contributed by atoms with E-state index in [4.69, 9.17) is 22.1 Å². The van der Waals surface area contributed by atoms with E-state index >= 15 is 0 Å². The number of ether oxygens (including phenoxy) is 1. The summed E-state index contributed by atoms with van der Waals surface area (Å²) in [4.78, 5) is 10.0. The van der Waals surface area contributed by atoms with E-state index in [1.165, 1.54) is 12.1 Å². The topological polar surface area (TPSA) is 78.4 Å². The number of benzene rings is 1. The summed E-state index contributed by atoms with van der Waals surface area (Å²) in [5, 5.41) is 10.8. The second-order valence-corrected chi connectivity index (χ2v) is 3.38. The molecule has 0 spiro atoms. The molecule has 0 atom stereocenters. The Morgan fingerprint density at radius 2 is 2.27 bits per heavy atom. The van der Waals surface area contributed by atoms with Gasteiger partial charge in [-0.25, -0.2) is 0 Å². The molecule has 0 aliphatic heterocycles. The highest BCUT2D eigenvalue weighted by molar-refractivity contribution is 6.31. The first-order valence-corrected chi connectivity index (χ1v) is 4.80. The number of halogens is 1. The van der Waals surface area contributed by atoms with Crippen LogP contribution in [0.15, 0.2) is 12.1 Å². The van der Waals surface area contributed by atoms with Crippen LogP contribution in [0, 0.1) is 10.1 Å². The molecule has 1 aromatic rings. The Morgan fingerprint density at radius 3 is 2.80 bits per heavy atom. The first kappa shape index (κ1) is 11.6. The third-order valence-electron chi connectivity index (χ3n) is 1.74. The van der Waals surface area contributed by atoms with E-state index in [1.54, 1.807) is 0 Å². The lowest BCUT2D eigenvalue weighted by atomic mass is 10.2. The van der Waals surface area contributed by atoms with Gasteiger partial charge in [-0.05, 0) is 6.42 Å². The van der Waals surface area contributed by atoms with Crippen molar-refractivity contribution in [1.29, 1.82) is 0 Å². The normalized spacial score (nSPS) is 10.0. The summed E-state index contributed by atoms with van der Waals surface area (Å²) in [7, 11) is 0. The minimum atomic E-state index is -0.583. The van der Waals surface area contributed by atoms with E-state index in [2.05, 4.69) is 0 Å². The molecule has 0 saturated carbocycles. The summed E-state index contributed by atoms with van der Waals surface area (Å²) < 4.78 is 5.24. The molecule has 0 aromatic heterocycles. The molecule has 1 aromatic carbocycles. The summed E-state index contributed by atoms with van der Waals surface area (Å²) in [6.45, 7) is 2.37. The first-order chi connectivity index (χ1) is 7.06. The Labute approximate surface area is 91.9 Å². The summed E-state index contributed by atoms with van der Waals surface area (Å²) in [5.74, 6) is 0.260. The smallest absolute Gasteiger partial charge is 0.297 e. The monoisotopic (exact) mass is 230 g/mol. The Balaban J connectivity index is 3.10. The van der Waals surface area contributed by atoms with Gasteiger partial charge in [-0.3, -0.25) is 10.1 Å². The van der Waals surface area contributed by atoms with Gasteiger partial charge >= 0.3 is 0 Å². The lowest BCUT2D eigenvalue weighted by Gasteiger charge is -2.08. The number of nitro benzene ring substituents is 1. The Morgan fingerprint density at radius 1 is 1.60 bits per heavy atom. The van der Waals surface area contributed by atoms with Crippen LogP contribution in [0.3, 0.4) is 0 Å². The molecule has 5 nitrogen and oxygen atoms in total. The molecule has 0 aliphatic carbocycles. The van der Waals surface area contributed by atoms with E-state index < -0.39 is 4.92 Å². The van der Waals surface area contributed by atoms with Crippen molar-refractivity contribution in [2.24, 2.45) is 0 Å². The van der Waals surface area contributed by atoms with E-state index in [1.807, 2.05) is 6.92 Å². The van der Waals surface area contributed by atoms with Gasteiger partial charge in [0, 0.05) is 12.1 Å². The van der Waals surface area contributed by atoms with Crippen LogP contribution in [0.2, 0.25) is 5.02 Å². The zero-order chi connectivity index (χ0) is 11.4. The van der Waals surface area contributed by atoms with Gasteiger partial charge in [-0.15, -0.1) is 0 Å². The minimum absolute atomic E-state index is 0.0119. The van der Waals surface area contributed by atoms with Crippen molar-refractivity contribution in [2.45, 2.75) is 13.3 Å². The molecule has 0 aliphatic rings. The fourth-order valence-corrected chi connectivity index (χ4v) is 1.26. The highest BCUT2D eigenvalue weighted by Gasteiger charge is 2.17. The molecule has 0 unspecified atom stereocenters. The minimum Gasteiger partial charge on any atom is -0.491 e. The maximum atomic E-state index is 10.6. The second-order valence-electron chi connectivity index (χ2n) is 2.94. The predicted molar refractivity (Wildman–Crippen MR) is 58.3 cm³/mol. The molecule has 6 heteroatoms.